The van der Waals surface area contributed by atoms with Crippen LogP contribution in [0, 0.1) is 28.7 Å². The number of carbonyl (C=O) groups excluding carboxylic acids is 4. The van der Waals surface area contributed by atoms with Crippen LogP contribution >= 0.6 is 0 Å². The number of carbonyl (C=O) groups is 5. The maximum Gasteiger partial charge on any atom is 0.308 e. The van der Waals surface area contributed by atoms with Crippen molar-refractivity contribution in [1.29, 1.82) is 0 Å². The van der Waals surface area contributed by atoms with Gasteiger partial charge in [-0.2, -0.15) is 8.78 Å². The monoisotopic (exact) mass is 775 g/mol. The number of benzene rings is 3. The summed E-state index contributed by atoms with van der Waals surface area (Å²) in [5.41, 5.74) is -2.62. The summed E-state index contributed by atoms with van der Waals surface area (Å²) < 4.78 is 71.9. The Hall–Kier alpha value is -5.71. The number of carboxylic acids is 1. The van der Waals surface area contributed by atoms with E-state index >= 15 is 0 Å². The molecule has 13 nitrogen and oxygen atoms in total. The van der Waals surface area contributed by atoms with Crippen molar-refractivity contribution in [3.05, 3.63) is 83.9 Å². The van der Waals surface area contributed by atoms with Gasteiger partial charge in [-0.1, -0.05) is 30.7 Å². The van der Waals surface area contributed by atoms with E-state index in [0.717, 1.165) is 0 Å². The zero-order valence-electron chi connectivity index (χ0n) is 30.1. The molecular weight excluding hydrogens is 734 g/mol. The van der Waals surface area contributed by atoms with Crippen LogP contribution in [0.4, 0.5) is 23.2 Å². The minimum absolute atomic E-state index is 0.0436. The van der Waals surface area contributed by atoms with Crippen molar-refractivity contribution >= 4 is 35.3 Å². The van der Waals surface area contributed by atoms with Gasteiger partial charge in [0.1, 0.15) is 41.3 Å². The van der Waals surface area contributed by atoms with Crippen molar-refractivity contribution in [2.45, 2.75) is 83.1 Å². The van der Waals surface area contributed by atoms with E-state index < -0.39 is 107 Å². The number of aliphatic hydroxyl groups excluding tert-OH is 1. The zero-order chi connectivity index (χ0) is 40.5. The summed E-state index contributed by atoms with van der Waals surface area (Å²) in [6.45, 7) is 3.55. The van der Waals surface area contributed by atoms with Gasteiger partial charge in [0, 0.05) is 24.2 Å². The summed E-state index contributed by atoms with van der Waals surface area (Å²) in [5.74, 6) is -12.9. The van der Waals surface area contributed by atoms with E-state index in [2.05, 4.69) is 16.0 Å². The molecule has 0 aromatic heterocycles. The molecule has 0 saturated heterocycles. The number of aliphatic carboxylic acids is 1. The third-order valence-electron chi connectivity index (χ3n) is 8.48. The minimum Gasteiger partial charge on any atom is -0.485 e. The first-order chi connectivity index (χ1) is 25.9. The second-order valence-electron chi connectivity index (χ2n) is 13.9. The Morgan fingerprint density at radius 3 is 2.05 bits per heavy atom. The Balaban J connectivity index is 1.51. The highest BCUT2D eigenvalue weighted by Gasteiger charge is 2.52. The molecule has 5 N–H and O–H groups in total. The molecule has 3 atom stereocenters. The highest BCUT2D eigenvalue weighted by Crippen LogP contribution is 2.42. The lowest BCUT2D eigenvalue weighted by Crippen LogP contribution is -2.61. The molecule has 296 valence electrons. The third kappa shape index (κ3) is 11.4. The molecule has 0 spiro atoms. The molecule has 0 aliphatic heterocycles. The average Bonchev–Trinajstić information content (AvgIpc) is 3.08. The van der Waals surface area contributed by atoms with E-state index in [0.29, 0.717) is 17.9 Å². The molecule has 0 heterocycles. The van der Waals surface area contributed by atoms with Gasteiger partial charge in [-0.15, -0.1) is 0 Å². The van der Waals surface area contributed by atoms with Crippen molar-refractivity contribution in [3.8, 4) is 17.2 Å². The van der Waals surface area contributed by atoms with Gasteiger partial charge in [0.2, 0.25) is 29.4 Å². The van der Waals surface area contributed by atoms with Gasteiger partial charge in [0.05, 0.1) is 12.5 Å². The predicted octanol–water partition coefficient (Wildman–Crippen LogP) is 5.15. The highest BCUT2D eigenvalue weighted by atomic mass is 19.2. The van der Waals surface area contributed by atoms with Gasteiger partial charge in [-0.3, -0.25) is 24.0 Å². The number of amides is 3. The molecule has 17 heteroatoms. The van der Waals surface area contributed by atoms with Crippen LogP contribution < -0.4 is 25.4 Å². The maximum absolute atomic E-state index is 14.2. The van der Waals surface area contributed by atoms with Crippen LogP contribution in [-0.4, -0.2) is 70.3 Å². The standard InChI is InChI=1S/C38H41F4N3O10/c1-37(2,3)55-30(49)19-27(28(46)20-53-33-31(41)24(39)18-25(40)32(33)42)45-36(52)38(15-8-16-38)35(51)44-26(13-14-29(47)48)34(50)43-21-9-7-12-23(17-21)54-22-10-5-4-6-11-22/h4-7,9-12,17-18,26-28,46H,8,13-16,19-20H2,1-3H3,(H,43,50)(H,44,51)(H,45,52)(H,47,48). The largest absolute Gasteiger partial charge is 0.485 e. The summed E-state index contributed by atoms with van der Waals surface area (Å²) in [6, 6.07) is 12.0. The van der Waals surface area contributed by atoms with Gasteiger partial charge in [-0.05, 0) is 64.3 Å². The Bertz CT molecular complexity index is 1860. The van der Waals surface area contributed by atoms with Gasteiger partial charge in [-0.25, -0.2) is 8.78 Å². The Morgan fingerprint density at radius 1 is 0.855 bits per heavy atom. The second-order valence-corrected chi connectivity index (χ2v) is 13.9. The Kier molecular flexibility index (Phi) is 13.8. The molecule has 3 amide bonds. The van der Waals surface area contributed by atoms with Crippen molar-refractivity contribution in [1.82, 2.24) is 10.6 Å². The molecule has 4 rings (SSSR count). The number of rotatable bonds is 17. The number of anilines is 1. The molecule has 1 saturated carbocycles. The topological polar surface area (TPSA) is 190 Å². The normalized spacial score (nSPS) is 15.0. The number of halogens is 4. The van der Waals surface area contributed by atoms with Crippen LogP contribution in [-0.2, 0) is 28.7 Å². The molecule has 3 aromatic rings. The van der Waals surface area contributed by atoms with Gasteiger partial charge >= 0.3 is 11.9 Å². The molecule has 1 fully saturated rings. The van der Waals surface area contributed by atoms with E-state index in [9.17, 15) is 51.7 Å². The van der Waals surface area contributed by atoms with Gasteiger partial charge in [0.15, 0.2) is 17.4 Å². The molecule has 0 radical (unpaired) electrons. The van der Waals surface area contributed by atoms with E-state index in [1.54, 1.807) is 69.3 Å². The summed E-state index contributed by atoms with van der Waals surface area (Å²) in [7, 11) is 0. The van der Waals surface area contributed by atoms with E-state index in [-0.39, 0.29) is 31.0 Å². The molecule has 3 unspecified atom stereocenters. The molecule has 55 heavy (non-hydrogen) atoms. The fourth-order valence-corrected chi connectivity index (χ4v) is 5.53. The second kappa shape index (κ2) is 18.1. The first kappa shape index (κ1) is 42.0. The number of ether oxygens (including phenoxy) is 3. The minimum atomic E-state index is -1.96. The number of hydrogen-bond donors (Lipinski definition) is 5. The first-order valence-electron chi connectivity index (χ1n) is 17.2. The van der Waals surface area contributed by atoms with Crippen molar-refractivity contribution < 1.29 is 66.0 Å². The maximum atomic E-state index is 14.2. The molecule has 1 aliphatic rings. The molecular formula is C38H41F4N3O10. The van der Waals surface area contributed by atoms with E-state index in [4.69, 9.17) is 14.2 Å². The lowest BCUT2D eigenvalue weighted by atomic mass is 9.67. The van der Waals surface area contributed by atoms with Crippen LogP contribution in [0.2, 0.25) is 0 Å². The van der Waals surface area contributed by atoms with Crippen LogP contribution in [0.15, 0.2) is 60.7 Å². The van der Waals surface area contributed by atoms with E-state index in [1.807, 2.05) is 0 Å². The lowest BCUT2D eigenvalue weighted by Gasteiger charge is -2.40. The number of nitrogens with one attached hydrogen (secondary N) is 3. The third-order valence-corrected chi connectivity index (χ3v) is 8.48. The number of aliphatic hydroxyl groups is 1. The Labute approximate surface area is 313 Å². The van der Waals surface area contributed by atoms with Crippen LogP contribution in [0.5, 0.6) is 17.2 Å². The van der Waals surface area contributed by atoms with Crippen molar-refractivity contribution in [3.63, 3.8) is 0 Å². The fraction of sp³-hybridized carbons (Fsp3) is 0.395. The first-order valence-corrected chi connectivity index (χ1v) is 17.2. The summed E-state index contributed by atoms with van der Waals surface area (Å²) in [6.07, 6.45) is -3.34. The number of para-hydroxylation sites is 1. The van der Waals surface area contributed by atoms with Crippen LogP contribution in [0.1, 0.15) is 59.3 Å². The average molecular weight is 776 g/mol. The van der Waals surface area contributed by atoms with Gasteiger partial charge < -0.3 is 40.4 Å². The molecule has 3 aromatic carbocycles. The summed E-state index contributed by atoms with van der Waals surface area (Å²) in [4.78, 5) is 65.3. The quantitative estimate of drug-likeness (QED) is 0.0531. The van der Waals surface area contributed by atoms with Crippen LogP contribution in [0.3, 0.4) is 0 Å². The number of hydrogen-bond acceptors (Lipinski definition) is 9. The van der Waals surface area contributed by atoms with Crippen LogP contribution in [0.25, 0.3) is 0 Å². The summed E-state index contributed by atoms with van der Waals surface area (Å²) in [5, 5.41) is 27.8. The molecule has 1 aliphatic carbocycles. The van der Waals surface area contributed by atoms with Gasteiger partial charge in [0.25, 0.3) is 0 Å². The Morgan fingerprint density at radius 2 is 1.47 bits per heavy atom. The fourth-order valence-electron chi connectivity index (χ4n) is 5.53. The number of carboxylic acid groups (broad SMARTS) is 1. The SMILES string of the molecule is CC(C)(C)OC(=O)CC(NC(=O)C1(C(=O)NC(CCC(=O)O)C(=O)Nc2cccc(Oc3ccccc3)c2)CCC1)C(O)COc1c(F)c(F)cc(F)c1F. The summed E-state index contributed by atoms with van der Waals surface area (Å²) >= 11 is 0. The van der Waals surface area contributed by atoms with E-state index in [1.165, 1.54) is 6.07 Å². The number of esters is 1. The van der Waals surface area contributed by atoms with Crippen molar-refractivity contribution in [2.75, 3.05) is 11.9 Å². The lowest BCUT2D eigenvalue weighted by molar-refractivity contribution is -0.157. The predicted molar refractivity (Wildman–Crippen MR) is 187 cm³/mol. The van der Waals surface area contributed by atoms with Crippen molar-refractivity contribution in [2.24, 2.45) is 5.41 Å². The molecule has 0 bridgehead atoms. The smallest absolute Gasteiger partial charge is 0.308 e. The zero-order valence-corrected chi connectivity index (χ0v) is 30.1. The highest BCUT2D eigenvalue weighted by molar-refractivity contribution is 6.08.